The van der Waals surface area contributed by atoms with Crippen molar-refractivity contribution < 1.29 is 0 Å². The van der Waals surface area contributed by atoms with Crippen molar-refractivity contribution in [2.75, 3.05) is 5.73 Å². The number of aromatic nitrogens is 1. The molecule has 0 aliphatic rings. The first-order valence-corrected chi connectivity index (χ1v) is 6.12. The van der Waals surface area contributed by atoms with Crippen LogP contribution in [0.5, 0.6) is 0 Å². The lowest BCUT2D eigenvalue weighted by Crippen LogP contribution is -2.18. The Morgan fingerprint density at radius 1 is 1.19 bits per heavy atom. The van der Waals surface area contributed by atoms with Crippen LogP contribution in [0.2, 0.25) is 0 Å². The number of anilines is 1. The number of nitrogens with zero attached hydrogens (tertiary/aromatic N) is 1. The molecular weight excluding hydrogens is 216 g/mol. The molecule has 0 saturated carbocycles. The molecule has 1 aromatic heterocycles. The number of nitrogen functional groups attached to an aromatic ring is 1. The molecule has 2 rings (SSSR count). The van der Waals surface area contributed by atoms with E-state index in [4.69, 9.17) is 5.73 Å². The minimum absolute atomic E-state index is 0.0751. The Morgan fingerprint density at radius 3 is 2.31 bits per heavy atom. The highest BCUT2D eigenvalue weighted by atomic mass is 32.1. The van der Waals surface area contributed by atoms with Crippen molar-refractivity contribution in [3.63, 3.8) is 0 Å². The fraction of sp³-hybridized carbons (Fsp3) is 0.308. The van der Waals surface area contributed by atoms with Crippen molar-refractivity contribution in [2.45, 2.75) is 26.2 Å². The zero-order chi connectivity index (χ0) is 11.8. The zero-order valence-corrected chi connectivity index (χ0v) is 10.6. The quantitative estimate of drug-likeness (QED) is 0.862. The number of benzene rings is 1. The van der Waals surface area contributed by atoms with E-state index < -0.39 is 0 Å². The van der Waals surface area contributed by atoms with Gasteiger partial charge in [-0.25, -0.2) is 4.98 Å². The highest BCUT2D eigenvalue weighted by Crippen LogP contribution is 2.35. The lowest BCUT2D eigenvalue weighted by molar-refractivity contribution is 0.636. The zero-order valence-electron chi connectivity index (χ0n) is 9.82. The lowest BCUT2D eigenvalue weighted by Gasteiger charge is -2.22. The summed E-state index contributed by atoms with van der Waals surface area (Å²) in [5.74, 6) is 0.656. The van der Waals surface area contributed by atoms with Crippen molar-refractivity contribution >= 4 is 17.2 Å². The minimum atomic E-state index is -0.0751. The molecule has 2 nitrogen and oxygen atoms in total. The summed E-state index contributed by atoms with van der Waals surface area (Å²) >= 11 is 1.68. The third kappa shape index (κ3) is 1.83. The molecule has 84 valence electrons. The summed E-state index contributed by atoms with van der Waals surface area (Å²) in [6.45, 7) is 6.37. The van der Waals surface area contributed by atoms with Crippen LogP contribution >= 0.6 is 11.3 Å². The van der Waals surface area contributed by atoms with Gasteiger partial charge in [0.25, 0.3) is 0 Å². The number of thiazole rings is 1. The van der Waals surface area contributed by atoms with Crippen LogP contribution in [0, 0.1) is 6.92 Å². The standard InChI is InChI=1S/C13H16N2S/c1-9-11(14)15-12(16-9)13(2,3)10-7-5-4-6-8-10/h4-8H,14H2,1-3H3. The SMILES string of the molecule is Cc1sc(C(C)(C)c2ccccc2)nc1N. The van der Waals surface area contributed by atoms with Crippen molar-refractivity contribution in [2.24, 2.45) is 0 Å². The average Bonchev–Trinajstić information content (AvgIpc) is 2.61. The van der Waals surface area contributed by atoms with E-state index in [9.17, 15) is 0 Å². The molecule has 2 aromatic rings. The average molecular weight is 232 g/mol. The van der Waals surface area contributed by atoms with E-state index in [0.717, 1.165) is 9.88 Å². The van der Waals surface area contributed by atoms with Gasteiger partial charge in [-0.15, -0.1) is 11.3 Å². The summed E-state index contributed by atoms with van der Waals surface area (Å²) in [6.07, 6.45) is 0. The van der Waals surface area contributed by atoms with Gasteiger partial charge in [-0.1, -0.05) is 30.3 Å². The smallest absolute Gasteiger partial charge is 0.137 e. The fourth-order valence-electron chi connectivity index (χ4n) is 1.65. The molecule has 0 fully saturated rings. The molecule has 0 spiro atoms. The van der Waals surface area contributed by atoms with Crippen molar-refractivity contribution in [1.82, 2.24) is 4.98 Å². The highest BCUT2D eigenvalue weighted by molar-refractivity contribution is 7.12. The lowest BCUT2D eigenvalue weighted by atomic mass is 9.85. The summed E-state index contributed by atoms with van der Waals surface area (Å²) in [5.41, 5.74) is 7.01. The summed E-state index contributed by atoms with van der Waals surface area (Å²) in [6, 6.07) is 10.4. The van der Waals surface area contributed by atoms with Crippen molar-refractivity contribution in [1.29, 1.82) is 0 Å². The Kier molecular flexibility index (Phi) is 2.72. The number of rotatable bonds is 2. The Hall–Kier alpha value is -1.35. The Morgan fingerprint density at radius 2 is 1.81 bits per heavy atom. The van der Waals surface area contributed by atoms with Crippen LogP contribution in [0.25, 0.3) is 0 Å². The maximum Gasteiger partial charge on any atom is 0.137 e. The monoisotopic (exact) mass is 232 g/mol. The molecule has 16 heavy (non-hydrogen) atoms. The van der Waals surface area contributed by atoms with Gasteiger partial charge in [0.15, 0.2) is 0 Å². The summed E-state index contributed by atoms with van der Waals surface area (Å²) in [4.78, 5) is 5.55. The maximum absolute atomic E-state index is 5.81. The number of hydrogen-bond donors (Lipinski definition) is 1. The van der Waals surface area contributed by atoms with Crippen molar-refractivity contribution in [3.8, 4) is 0 Å². The van der Waals surface area contributed by atoms with Crippen LogP contribution < -0.4 is 5.73 Å². The third-order valence-corrected chi connectivity index (χ3v) is 4.17. The normalized spacial score (nSPS) is 11.7. The van der Waals surface area contributed by atoms with E-state index in [1.165, 1.54) is 5.56 Å². The van der Waals surface area contributed by atoms with Gasteiger partial charge in [-0.2, -0.15) is 0 Å². The van der Waals surface area contributed by atoms with E-state index in [1.54, 1.807) is 11.3 Å². The van der Waals surface area contributed by atoms with Crippen LogP contribution in [0.1, 0.15) is 29.3 Å². The Bertz CT molecular complexity index is 466. The molecule has 1 heterocycles. The molecule has 0 saturated heterocycles. The van der Waals surface area contributed by atoms with E-state index in [1.807, 2.05) is 13.0 Å². The molecule has 0 radical (unpaired) electrons. The van der Waals surface area contributed by atoms with E-state index in [-0.39, 0.29) is 5.41 Å². The van der Waals surface area contributed by atoms with Crippen LogP contribution in [0.4, 0.5) is 5.82 Å². The number of aryl methyl sites for hydroxylation is 1. The first kappa shape index (κ1) is 11.1. The highest BCUT2D eigenvalue weighted by Gasteiger charge is 2.27. The fourth-order valence-corrected chi connectivity index (χ4v) is 2.61. The second kappa shape index (κ2) is 3.91. The van der Waals surface area contributed by atoms with Crippen LogP contribution in [0.15, 0.2) is 30.3 Å². The predicted octanol–water partition coefficient (Wildman–Crippen LogP) is 3.36. The van der Waals surface area contributed by atoms with Gasteiger partial charge in [0.05, 0.1) is 0 Å². The molecule has 0 aliphatic heterocycles. The summed E-state index contributed by atoms with van der Waals surface area (Å²) in [7, 11) is 0. The molecule has 1 aromatic carbocycles. The van der Waals surface area contributed by atoms with E-state index in [0.29, 0.717) is 5.82 Å². The predicted molar refractivity (Wildman–Crippen MR) is 69.8 cm³/mol. The molecule has 0 atom stereocenters. The summed E-state index contributed by atoms with van der Waals surface area (Å²) in [5, 5.41) is 1.08. The van der Waals surface area contributed by atoms with Gasteiger partial charge in [0.2, 0.25) is 0 Å². The second-order valence-electron chi connectivity index (χ2n) is 4.45. The first-order chi connectivity index (χ1) is 7.51. The molecule has 0 unspecified atom stereocenters. The molecule has 3 heteroatoms. The number of nitrogens with two attached hydrogens (primary N) is 1. The Balaban J connectivity index is 2.46. The molecule has 0 aliphatic carbocycles. The van der Waals surface area contributed by atoms with Crippen LogP contribution in [0.3, 0.4) is 0 Å². The molecule has 0 bridgehead atoms. The first-order valence-electron chi connectivity index (χ1n) is 5.30. The van der Waals surface area contributed by atoms with Gasteiger partial charge in [-0.3, -0.25) is 0 Å². The molecular formula is C13H16N2S. The van der Waals surface area contributed by atoms with Gasteiger partial charge < -0.3 is 5.73 Å². The minimum Gasteiger partial charge on any atom is -0.383 e. The van der Waals surface area contributed by atoms with Gasteiger partial charge in [0, 0.05) is 10.3 Å². The van der Waals surface area contributed by atoms with E-state index in [2.05, 4.69) is 43.1 Å². The second-order valence-corrected chi connectivity index (χ2v) is 5.65. The molecule has 0 amide bonds. The topological polar surface area (TPSA) is 38.9 Å². The largest absolute Gasteiger partial charge is 0.383 e. The van der Waals surface area contributed by atoms with Gasteiger partial charge >= 0.3 is 0 Å². The summed E-state index contributed by atoms with van der Waals surface area (Å²) < 4.78 is 0. The molecule has 2 N–H and O–H groups in total. The van der Waals surface area contributed by atoms with Gasteiger partial charge in [-0.05, 0) is 26.3 Å². The van der Waals surface area contributed by atoms with E-state index >= 15 is 0 Å². The van der Waals surface area contributed by atoms with Crippen LogP contribution in [-0.2, 0) is 5.41 Å². The van der Waals surface area contributed by atoms with Crippen LogP contribution in [-0.4, -0.2) is 4.98 Å². The maximum atomic E-state index is 5.81. The number of hydrogen-bond acceptors (Lipinski definition) is 3. The van der Waals surface area contributed by atoms with Crippen molar-refractivity contribution in [3.05, 3.63) is 45.8 Å². The third-order valence-electron chi connectivity index (χ3n) is 2.86. The Labute approximate surface area is 100 Å². The van der Waals surface area contributed by atoms with Gasteiger partial charge in [0.1, 0.15) is 10.8 Å².